The fourth-order valence-electron chi connectivity index (χ4n) is 2.22. The predicted molar refractivity (Wildman–Crippen MR) is 81.8 cm³/mol. The molecule has 112 valence electrons. The van der Waals surface area contributed by atoms with E-state index in [-0.39, 0.29) is 12.4 Å². The average Bonchev–Trinajstić information content (AvgIpc) is 2.52. The Labute approximate surface area is 125 Å². The van der Waals surface area contributed by atoms with Gasteiger partial charge in [0.05, 0.1) is 0 Å². The zero-order chi connectivity index (χ0) is 14.9. The Balaban J connectivity index is 1.97. The van der Waals surface area contributed by atoms with E-state index in [1.807, 2.05) is 30.3 Å². The third-order valence-corrected chi connectivity index (χ3v) is 3.36. The molecule has 0 aromatic heterocycles. The van der Waals surface area contributed by atoms with Gasteiger partial charge in [0, 0.05) is 6.61 Å². The van der Waals surface area contributed by atoms with E-state index in [1.54, 1.807) is 12.1 Å². The maximum atomic E-state index is 13.4. The SMILES string of the molecule is OCCCCCc1cc(F)ccc1OCc1ccccc1. The summed E-state index contributed by atoms with van der Waals surface area (Å²) in [6, 6.07) is 14.6. The first-order chi connectivity index (χ1) is 10.3. The van der Waals surface area contributed by atoms with Crippen molar-refractivity contribution in [1.82, 2.24) is 0 Å². The van der Waals surface area contributed by atoms with Gasteiger partial charge in [-0.3, -0.25) is 0 Å². The quantitative estimate of drug-likeness (QED) is 0.741. The maximum Gasteiger partial charge on any atom is 0.123 e. The fraction of sp³-hybridized carbons (Fsp3) is 0.333. The van der Waals surface area contributed by atoms with Crippen molar-refractivity contribution in [2.24, 2.45) is 0 Å². The van der Waals surface area contributed by atoms with Crippen LogP contribution in [-0.4, -0.2) is 11.7 Å². The molecule has 0 aliphatic carbocycles. The summed E-state index contributed by atoms with van der Waals surface area (Å²) in [6.07, 6.45) is 3.41. The van der Waals surface area contributed by atoms with Gasteiger partial charge in [-0.25, -0.2) is 4.39 Å². The number of rotatable bonds is 8. The van der Waals surface area contributed by atoms with Crippen LogP contribution in [0.15, 0.2) is 48.5 Å². The predicted octanol–water partition coefficient (Wildman–Crippen LogP) is 4.11. The third kappa shape index (κ3) is 5.20. The van der Waals surface area contributed by atoms with E-state index in [1.165, 1.54) is 6.07 Å². The lowest BCUT2D eigenvalue weighted by molar-refractivity contribution is 0.282. The number of halogens is 1. The van der Waals surface area contributed by atoms with E-state index in [4.69, 9.17) is 9.84 Å². The molecule has 3 heteroatoms. The summed E-state index contributed by atoms with van der Waals surface area (Å²) in [5, 5.41) is 8.79. The lowest BCUT2D eigenvalue weighted by atomic mass is 10.1. The highest BCUT2D eigenvalue weighted by Gasteiger charge is 2.06. The highest BCUT2D eigenvalue weighted by atomic mass is 19.1. The molecule has 2 aromatic carbocycles. The molecule has 2 rings (SSSR count). The first kappa shape index (κ1) is 15.5. The van der Waals surface area contributed by atoms with Gasteiger partial charge in [-0.05, 0) is 48.6 Å². The largest absolute Gasteiger partial charge is 0.489 e. The van der Waals surface area contributed by atoms with Crippen LogP contribution in [0.3, 0.4) is 0 Å². The van der Waals surface area contributed by atoms with Gasteiger partial charge in [-0.15, -0.1) is 0 Å². The molecule has 0 radical (unpaired) electrons. The minimum absolute atomic E-state index is 0.209. The highest BCUT2D eigenvalue weighted by Crippen LogP contribution is 2.23. The summed E-state index contributed by atoms with van der Waals surface area (Å²) >= 11 is 0. The summed E-state index contributed by atoms with van der Waals surface area (Å²) < 4.78 is 19.2. The molecule has 0 saturated carbocycles. The number of hydrogen-bond acceptors (Lipinski definition) is 2. The number of aryl methyl sites for hydroxylation is 1. The molecule has 0 unspecified atom stereocenters. The van der Waals surface area contributed by atoms with E-state index in [0.29, 0.717) is 6.61 Å². The molecule has 0 bridgehead atoms. The van der Waals surface area contributed by atoms with E-state index in [0.717, 1.165) is 42.6 Å². The van der Waals surface area contributed by atoms with Gasteiger partial charge in [0.2, 0.25) is 0 Å². The van der Waals surface area contributed by atoms with E-state index in [9.17, 15) is 4.39 Å². The van der Waals surface area contributed by atoms with Gasteiger partial charge >= 0.3 is 0 Å². The Hall–Kier alpha value is -1.87. The van der Waals surface area contributed by atoms with Crippen LogP contribution in [0.25, 0.3) is 0 Å². The normalized spacial score (nSPS) is 10.6. The lowest BCUT2D eigenvalue weighted by Gasteiger charge is -2.12. The van der Waals surface area contributed by atoms with Gasteiger partial charge in [0.15, 0.2) is 0 Å². The van der Waals surface area contributed by atoms with Gasteiger partial charge in [0.25, 0.3) is 0 Å². The van der Waals surface area contributed by atoms with E-state index >= 15 is 0 Å². The van der Waals surface area contributed by atoms with E-state index < -0.39 is 0 Å². The standard InChI is InChI=1S/C18H21FO2/c19-17-10-11-18(16(13-17)9-5-2-6-12-20)21-14-15-7-3-1-4-8-15/h1,3-4,7-8,10-11,13,20H,2,5-6,9,12,14H2. The molecule has 1 N–H and O–H groups in total. The molecular weight excluding hydrogens is 267 g/mol. The van der Waals surface area contributed by atoms with Crippen molar-refractivity contribution in [1.29, 1.82) is 0 Å². The van der Waals surface area contributed by atoms with Crippen LogP contribution in [0, 0.1) is 5.82 Å². The van der Waals surface area contributed by atoms with Crippen molar-refractivity contribution in [2.75, 3.05) is 6.61 Å². The molecule has 0 amide bonds. The number of aliphatic hydroxyl groups is 1. The Kier molecular flexibility index (Phi) is 6.22. The topological polar surface area (TPSA) is 29.5 Å². The molecule has 0 fully saturated rings. The second-order valence-electron chi connectivity index (χ2n) is 5.06. The van der Waals surface area contributed by atoms with Crippen LogP contribution in [0.5, 0.6) is 5.75 Å². The zero-order valence-electron chi connectivity index (χ0n) is 12.1. The fourth-order valence-corrected chi connectivity index (χ4v) is 2.22. The second kappa shape index (κ2) is 8.42. The van der Waals surface area contributed by atoms with Crippen molar-refractivity contribution in [3.05, 3.63) is 65.5 Å². The molecule has 2 aromatic rings. The van der Waals surface area contributed by atoms with Gasteiger partial charge in [0.1, 0.15) is 18.2 Å². The number of hydrogen-bond donors (Lipinski definition) is 1. The molecular formula is C18H21FO2. The van der Waals surface area contributed by atoms with Crippen molar-refractivity contribution in [2.45, 2.75) is 32.3 Å². The van der Waals surface area contributed by atoms with Crippen LogP contribution < -0.4 is 4.74 Å². The van der Waals surface area contributed by atoms with Crippen LogP contribution in [0.2, 0.25) is 0 Å². The molecule has 0 aliphatic heterocycles. The van der Waals surface area contributed by atoms with Crippen molar-refractivity contribution >= 4 is 0 Å². The van der Waals surface area contributed by atoms with Gasteiger partial charge in [-0.2, -0.15) is 0 Å². The molecule has 0 heterocycles. The minimum Gasteiger partial charge on any atom is -0.489 e. The summed E-state index contributed by atoms with van der Waals surface area (Å²) in [6.45, 7) is 0.691. The Morgan fingerprint density at radius 3 is 2.52 bits per heavy atom. The minimum atomic E-state index is -0.237. The first-order valence-corrected chi connectivity index (χ1v) is 7.35. The van der Waals surface area contributed by atoms with Crippen LogP contribution >= 0.6 is 0 Å². The number of benzene rings is 2. The zero-order valence-corrected chi connectivity index (χ0v) is 12.1. The summed E-state index contributed by atoms with van der Waals surface area (Å²) in [5.41, 5.74) is 1.98. The third-order valence-electron chi connectivity index (χ3n) is 3.36. The van der Waals surface area contributed by atoms with Gasteiger partial charge < -0.3 is 9.84 Å². The van der Waals surface area contributed by atoms with Crippen LogP contribution in [-0.2, 0) is 13.0 Å². The number of ether oxygens (including phenoxy) is 1. The Morgan fingerprint density at radius 2 is 1.76 bits per heavy atom. The number of aliphatic hydroxyl groups excluding tert-OH is 1. The van der Waals surface area contributed by atoms with Gasteiger partial charge in [-0.1, -0.05) is 36.8 Å². The number of unbranched alkanes of at least 4 members (excludes halogenated alkanes) is 2. The monoisotopic (exact) mass is 288 g/mol. The van der Waals surface area contributed by atoms with Crippen molar-refractivity contribution in [3.63, 3.8) is 0 Å². The molecule has 0 spiro atoms. The average molecular weight is 288 g/mol. The second-order valence-corrected chi connectivity index (χ2v) is 5.06. The molecule has 0 aliphatic rings. The maximum absolute atomic E-state index is 13.4. The summed E-state index contributed by atoms with van der Waals surface area (Å²) in [5.74, 6) is 0.503. The first-order valence-electron chi connectivity index (χ1n) is 7.35. The molecule has 21 heavy (non-hydrogen) atoms. The lowest BCUT2D eigenvalue weighted by Crippen LogP contribution is -1.99. The summed E-state index contributed by atoms with van der Waals surface area (Å²) in [4.78, 5) is 0. The van der Waals surface area contributed by atoms with Crippen LogP contribution in [0.1, 0.15) is 30.4 Å². The molecule has 2 nitrogen and oxygen atoms in total. The van der Waals surface area contributed by atoms with Crippen LogP contribution in [0.4, 0.5) is 4.39 Å². The Morgan fingerprint density at radius 1 is 0.952 bits per heavy atom. The Bertz CT molecular complexity index is 540. The highest BCUT2D eigenvalue weighted by molar-refractivity contribution is 5.34. The molecule has 0 saturated heterocycles. The van der Waals surface area contributed by atoms with Crippen molar-refractivity contribution < 1.29 is 14.2 Å². The van der Waals surface area contributed by atoms with Crippen molar-refractivity contribution in [3.8, 4) is 5.75 Å². The van der Waals surface area contributed by atoms with E-state index in [2.05, 4.69) is 0 Å². The summed E-state index contributed by atoms with van der Waals surface area (Å²) in [7, 11) is 0. The smallest absolute Gasteiger partial charge is 0.123 e. The molecule has 0 atom stereocenters.